The molecule has 2 rings (SSSR count). The zero-order chi connectivity index (χ0) is 10.1. The quantitative estimate of drug-likeness (QED) is 0.727. The molecule has 0 radical (unpaired) electrons. The molecule has 0 spiro atoms. The molecule has 0 aliphatic rings. The zero-order valence-corrected chi connectivity index (χ0v) is 8.86. The number of aromatic nitrogens is 3. The first kappa shape index (κ1) is 9.19. The average Bonchev–Trinajstić information content (AvgIpc) is 2.60. The van der Waals surface area contributed by atoms with E-state index in [0.717, 1.165) is 12.1 Å². The van der Waals surface area contributed by atoms with Gasteiger partial charge in [0, 0.05) is 17.6 Å². The van der Waals surface area contributed by atoms with Crippen LogP contribution in [0.2, 0.25) is 0 Å². The van der Waals surface area contributed by atoms with Gasteiger partial charge in [-0.05, 0) is 26.3 Å². The van der Waals surface area contributed by atoms with Gasteiger partial charge in [-0.25, -0.2) is 0 Å². The summed E-state index contributed by atoms with van der Waals surface area (Å²) >= 11 is 0. The van der Waals surface area contributed by atoms with Crippen LogP contribution in [0.3, 0.4) is 0 Å². The van der Waals surface area contributed by atoms with Crippen LogP contribution in [-0.2, 0) is 6.42 Å². The summed E-state index contributed by atoms with van der Waals surface area (Å²) < 4.78 is 2.04. The Kier molecular flexibility index (Phi) is 2.23. The highest BCUT2D eigenvalue weighted by atomic mass is 15.3. The molecule has 0 atom stereocenters. The molecule has 0 fully saturated rings. The van der Waals surface area contributed by atoms with Crippen LogP contribution in [-0.4, -0.2) is 14.8 Å². The Morgan fingerprint density at radius 2 is 2.21 bits per heavy atom. The fraction of sp³-hybridized carbons (Fsp3) is 0.455. The smallest absolute Gasteiger partial charge is 0.0719 e. The maximum absolute atomic E-state index is 4.38. The summed E-state index contributed by atoms with van der Waals surface area (Å²) in [7, 11) is 0. The van der Waals surface area contributed by atoms with Gasteiger partial charge < -0.3 is 0 Å². The molecule has 0 aliphatic carbocycles. The minimum absolute atomic E-state index is 0.402. The van der Waals surface area contributed by atoms with Crippen molar-refractivity contribution in [3.8, 4) is 0 Å². The third-order valence-electron chi connectivity index (χ3n) is 2.43. The Labute approximate surface area is 83.8 Å². The van der Waals surface area contributed by atoms with E-state index >= 15 is 0 Å². The predicted molar refractivity (Wildman–Crippen MR) is 57.3 cm³/mol. The second-order valence-corrected chi connectivity index (χ2v) is 3.73. The van der Waals surface area contributed by atoms with Gasteiger partial charge in [-0.2, -0.15) is 5.10 Å². The molecule has 74 valence electrons. The van der Waals surface area contributed by atoms with E-state index in [-0.39, 0.29) is 0 Å². The van der Waals surface area contributed by atoms with E-state index in [1.54, 1.807) is 0 Å². The minimum atomic E-state index is 0.402. The van der Waals surface area contributed by atoms with Crippen LogP contribution in [0.25, 0.3) is 10.9 Å². The Morgan fingerprint density at radius 1 is 1.43 bits per heavy atom. The monoisotopic (exact) mass is 189 g/mol. The van der Waals surface area contributed by atoms with Crippen molar-refractivity contribution in [3.63, 3.8) is 0 Å². The fourth-order valence-corrected chi connectivity index (χ4v) is 1.72. The highest BCUT2D eigenvalue weighted by molar-refractivity contribution is 5.80. The number of hydrogen-bond acceptors (Lipinski definition) is 2. The summed E-state index contributed by atoms with van der Waals surface area (Å²) in [4.78, 5) is 4.34. The molecule has 2 aromatic heterocycles. The first-order valence-electron chi connectivity index (χ1n) is 5.05. The van der Waals surface area contributed by atoms with E-state index in [1.165, 1.54) is 10.9 Å². The molecule has 3 heteroatoms. The topological polar surface area (TPSA) is 30.7 Å². The second kappa shape index (κ2) is 3.40. The second-order valence-electron chi connectivity index (χ2n) is 3.73. The number of pyridine rings is 1. The van der Waals surface area contributed by atoms with Gasteiger partial charge in [0.05, 0.1) is 17.4 Å². The Balaban J connectivity index is 2.69. The molecule has 2 aromatic rings. The van der Waals surface area contributed by atoms with Gasteiger partial charge in [-0.1, -0.05) is 6.92 Å². The van der Waals surface area contributed by atoms with E-state index in [1.807, 2.05) is 23.1 Å². The molecular formula is C11H15N3. The predicted octanol–water partition coefficient (Wildman–Crippen LogP) is 2.57. The van der Waals surface area contributed by atoms with E-state index in [2.05, 4.69) is 30.9 Å². The molecule has 0 saturated heterocycles. The molecular weight excluding hydrogens is 174 g/mol. The van der Waals surface area contributed by atoms with Crippen LogP contribution >= 0.6 is 0 Å². The summed E-state index contributed by atoms with van der Waals surface area (Å²) in [5, 5.41) is 5.56. The molecule has 0 aromatic carbocycles. The number of fused-ring (bicyclic) bond motifs is 1. The third kappa shape index (κ3) is 1.29. The first-order valence-corrected chi connectivity index (χ1v) is 5.05. The fourth-order valence-electron chi connectivity index (χ4n) is 1.72. The highest BCUT2D eigenvalue weighted by Crippen LogP contribution is 2.19. The number of aryl methyl sites for hydroxylation is 1. The van der Waals surface area contributed by atoms with Gasteiger partial charge in [0.25, 0.3) is 0 Å². The van der Waals surface area contributed by atoms with E-state index in [0.29, 0.717) is 6.04 Å². The number of rotatable bonds is 2. The normalized spacial score (nSPS) is 11.4. The SMILES string of the molecule is CCc1nccc2c1cnn2C(C)C. The van der Waals surface area contributed by atoms with Gasteiger partial charge in [-0.3, -0.25) is 9.67 Å². The van der Waals surface area contributed by atoms with Crippen LogP contribution in [0.15, 0.2) is 18.5 Å². The van der Waals surface area contributed by atoms with Gasteiger partial charge in [0.2, 0.25) is 0 Å². The molecule has 0 saturated carbocycles. The molecule has 0 amide bonds. The Bertz CT molecular complexity index is 443. The van der Waals surface area contributed by atoms with Crippen molar-refractivity contribution in [2.75, 3.05) is 0 Å². The lowest BCUT2D eigenvalue weighted by Crippen LogP contribution is -2.02. The van der Waals surface area contributed by atoms with E-state index < -0.39 is 0 Å². The molecule has 0 N–H and O–H groups in total. The van der Waals surface area contributed by atoms with Gasteiger partial charge in [0.15, 0.2) is 0 Å². The number of nitrogens with zero attached hydrogens (tertiary/aromatic N) is 3. The molecule has 14 heavy (non-hydrogen) atoms. The van der Waals surface area contributed by atoms with Crippen LogP contribution in [0.5, 0.6) is 0 Å². The maximum atomic E-state index is 4.38. The summed E-state index contributed by atoms with van der Waals surface area (Å²) in [6.07, 6.45) is 4.74. The van der Waals surface area contributed by atoms with Crippen LogP contribution in [0.4, 0.5) is 0 Å². The number of hydrogen-bond donors (Lipinski definition) is 0. The van der Waals surface area contributed by atoms with Crippen molar-refractivity contribution in [3.05, 3.63) is 24.2 Å². The largest absolute Gasteiger partial charge is 0.262 e. The Morgan fingerprint density at radius 3 is 2.86 bits per heavy atom. The average molecular weight is 189 g/mol. The van der Waals surface area contributed by atoms with Crippen LogP contribution in [0.1, 0.15) is 32.5 Å². The molecule has 2 heterocycles. The summed E-state index contributed by atoms with van der Waals surface area (Å²) in [5.74, 6) is 0. The highest BCUT2D eigenvalue weighted by Gasteiger charge is 2.08. The van der Waals surface area contributed by atoms with E-state index in [9.17, 15) is 0 Å². The van der Waals surface area contributed by atoms with Gasteiger partial charge in [-0.15, -0.1) is 0 Å². The standard InChI is InChI=1S/C11H15N3/c1-4-10-9-7-13-14(8(2)3)11(9)5-6-12-10/h5-8H,4H2,1-3H3. The van der Waals surface area contributed by atoms with Crippen molar-refractivity contribution in [2.45, 2.75) is 33.2 Å². The van der Waals surface area contributed by atoms with Crippen molar-refractivity contribution in [1.29, 1.82) is 0 Å². The minimum Gasteiger partial charge on any atom is -0.262 e. The molecule has 0 unspecified atom stereocenters. The van der Waals surface area contributed by atoms with Crippen LogP contribution < -0.4 is 0 Å². The maximum Gasteiger partial charge on any atom is 0.0719 e. The van der Waals surface area contributed by atoms with Crippen molar-refractivity contribution in [1.82, 2.24) is 14.8 Å². The van der Waals surface area contributed by atoms with Gasteiger partial charge >= 0.3 is 0 Å². The zero-order valence-electron chi connectivity index (χ0n) is 8.86. The summed E-state index contributed by atoms with van der Waals surface area (Å²) in [6, 6.07) is 2.43. The molecule has 0 aliphatic heterocycles. The first-order chi connectivity index (χ1) is 6.74. The third-order valence-corrected chi connectivity index (χ3v) is 2.43. The van der Waals surface area contributed by atoms with Crippen molar-refractivity contribution >= 4 is 10.9 Å². The van der Waals surface area contributed by atoms with Gasteiger partial charge in [0.1, 0.15) is 0 Å². The van der Waals surface area contributed by atoms with Crippen molar-refractivity contribution < 1.29 is 0 Å². The lowest BCUT2D eigenvalue weighted by atomic mass is 10.2. The van der Waals surface area contributed by atoms with Crippen LogP contribution in [0, 0.1) is 0 Å². The lowest BCUT2D eigenvalue weighted by Gasteiger charge is -2.07. The summed E-state index contributed by atoms with van der Waals surface area (Å²) in [5.41, 5.74) is 2.32. The summed E-state index contributed by atoms with van der Waals surface area (Å²) in [6.45, 7) is 6.39. The van der Waals surface area contributed by atoms with E-state index in [4.69, 9.17) is 0 Å². The van der Waals surface area contributed by atoms with Crippen molar-refractivity contribution in [2.24, 2.45) is 0 Å². The molecule has 3 nitrogen and oxygen atoms in total. The Hall–Kier alpha value is -1.38. The molecule has 0 bridgehead atoms. The lowest BCUT2D eigenvalue weighted by molar-refractivity contribution is 0.551.